The smallest absolute Gasteiger partial charge is 0.280 e. The first kappa shape index (κ1) is 17.1. The number of aromatic nitrogens is 4. The van der Waals surface area contributed by atoms with Gasteiger partial charge in [0.1, 0.15) is 12.3 Å². The molecular weight excluding hydrogens is 350 g/mol. The second-order valence-electron chi connectivity index (χ2n) is 6.22. The van der Waals surface area contributed by atoms with Gasteiger partial charge in [-0.25, -0.2) is 4.98 Å². The van der Waals surface area contributed by atoms with E-state index in [0.29, 0.717) is 5.56 Å². The maximum absolute atomic E-state index is 12.2. The molecule has 3 heterocycles. The average Bonchev–Trinajstić information content (AvgIpc) is 3.24. The second-order valence-corrected chi connectivity index (χ2v) is 6.22. The zero-order valence-corrected chi connectivity index (χ0v) is 14.1. The molecular formula is C18H17N5O4. The van der Waals surface area contributed by atoms with E-state index >= 15 is 0 Å². The number of nitrogens with one attached hydrogen (secondary N) is 1. The number of aliphatic hydroxyl groups excluding tert-OH is 1. The van der Waals surface area contributed by atoms with Gasteiger partial charge in [-0.15, -0.1) is 0 Å². The Bertz CT molecular complexity index is 1070. The number of imidazole rings is 1. The van der Waals surface area contributed by atoms with Crippen molar-refractivity contribution in [3.8, 4) is 0 Å². The molecule has 0 unspecified atom stereocenters. The number of carbonyl (C=O) groups is 1. The number of ketones is 1. The number of nitrogens with two attached hydrogens (primary N) is 1. The number of allylic oxidation sites excluding steroid dienone is 1. The molecule has 0 aliphatic carbocycles. The summed E-state index contributed by atoms with van der Waals surface area (Å²) >= 11 is 0. The second kappa shape index (κ2) is 6.78. The third kappa shape index (κ3) is 3.25. The quantitative estimate of drug-likeness (QED) is 0.458. The highest BCUT2D eigenvalue weighted by atomic mass is 16.5. The predicted octanol–water partition coefficient (Wildman–Crippen LogP) is 0.789. The van der Waals surface area contributed by atoms with Gasteiger partial charge in [0, 0.05) is 12.0 Å². The zero-order valence-electron chi connectivity index (χ0n) is 14.1. The summed E-state index contributed by atoms with van der Waals surface area (Å²) in [7, 11) is 0. The molecule has 0 radical (unpaired) electrons. The van der Waals surface area contributed by atoms with Crippen LogP contribution in [0.15, 0.2) is 53.6 Å². The number of ether oxygens (including phenoxy) is 1. The van der Waals surface area contributed by atoms with Gasteiger partial charge in [0.25, 0.3) is 5.56 Å². The number of aromatic amines is 1. The lowest BCUT2D eigenvalue weighted by Gasteiger charge is -2.13. The van der Waals surface area contributed by atoms with Crippen molar-refractivity contribution in [1.29, 1.82) is 0 Å². The highest BCUT2D eigenvalue weighted by molar-refractivity contribution is 6.04. The van der Waals surface area contributed by atoms with Crippen molar-refractivity contribution in [3.63, 3.8) is 0 Å². The summed E-state index contributed by atoms with van der Waals surface area (Å²) in [5.74, 6) is -0.207. The van der Waals surface area contributed by atoms with Crippen molar-refractivity contribution in [2.75, 3.05) is 5.73 Å². The van der Waals surface area contributed by atoms with Crippen molar-refractivity contribution < 1.29 is 14.6 Å². The Labute approximate surface area is 153 Å². The SMILES string of the molecule is Nc1nc2c(ncn2[C@H]2C[C@H](O)[C@@H](/C=C/C(=O)c3ccccc3)O2)c(=O)[nH]1. The molecule has 2 aromatic heterocycles. The summed E-state index contributed by atoms with van der Waals surface area (Å²) in [4.78, 5) is 34.6. The Morgan fingerprint density at radius 2 is 2.15 bits per heavy atom. The van der Waals surface area contributed by atoms with Gasteiger partial charge in [-0.1, -0.05) is 30.3 Å². The molecule has 138 valence electrons. The Morgan fingerprint density at radius 1 is 1.37 bits per heavy atom. The minimum Gasteiger partial charge on any atom is -0.390 e. The molecule has 27 heavy (non-hydrogen) atoms. The van der Waals surface area contributed by atoms with Crippen molar-refractivity contribution in [2.45, 2.75) is 24.9 Å². The largest absolute Gasteiger partial charge is 0.390 e. The van der Waals surface area contributed by atoms with Gasteiger partial charge < -0.3 is 15.6 Å². The normalized spacial score (nSPS) is 22.6. The molecule has 0 spiro atoms. The van der Waals surface area contributed by atoms with Crippen LogP contribution in [0.25, 0.3) is 11.2 Å². The van der Waals surface area contributed by atoms with E-state index in [1.165, 1.54) is 18.5 Å². The fraction of sp³-hybridized carbons (Fsp3) is 0.222. The molecule has 4 N–H and O–H groups in total. The summed E-state index contributed by atoms with van der Waals surface area (Å²) in [6.07, 6.45) is 2.54. The van der Waals surface area contributed by atoms with E-state index in [0.717, 1.165) is 0 Å². The monoisotopic (exact) mass is 367 g/mol. The van der Waals surface area contributed by atoms with E-state index in [1.54, 1.807) is 28.8 Å². The van der Waals surface area contributed by atoms with E-state index < -0.39 is 24.0 Å². The van der Waals surface area contributed by atoms with Crippen LogP contribution in [0.1, 0.15) is 23.0 Å². The number of nitrogen functional groups attached to an aromatic ring is 1. The molecule has 0 bridgehead atoms. The molecule has 1 aliphatic rings. The first-order valence-electron chi connectivity index (χ1n) is 8.36. The first-order chi connectivity index (χ1) is 13.0. The molecule has 9 nitrogen and oxygen atoms in total. The number of rotatable bonds is 4. The summed E-state index contributed by atoms with van der Waals surface area (Å²) in [5, 5.41) is 10.3. The van der Waals surface area contributed by atoms with Gasteiger partial charge >= 0.3 is 0 Å². The van der Waals surface area contributed by atoms with E-state index in [9.17, 15) is 14.7 Å². The lowest BCUT2D eigenvalue weighted by atomic mass is 10.1. The van der Waals surface area contributed by atoms with E-state index in [2.05, 4.69) is 15.0 Å². The summed E-state index contributed by atoms with van der Waals surface area (Å²) in [6.45, 7) is 0. The lowest BCUT2D eigenvalue weighted by Crippen LogP contribution is -2.18. The van der Waals surface area contributed by atoms with Crippen molar-refractivity contribution in [3.05, 3.63) is 64.7 Å². The summed E-state index contributed by atoms with van der Waals surface area (Å²) in [6, 6.07) is 8.82. The van der Waals surface area contributed by atoms with Crippen LogP contribution in [0.2, 0.25) is 0 Å². The number of benzene rings is 1. The molecule has 0 saturated carbocycles. The molecule has 1 aliphatic heterocycles. The number of fused-ring (bicyclic) bond motifs is 1. The number of aliphatic hydroxyl groups is 1. The van der Waals surface area contributed by atoms with Crippen LogP contribution in [0, 0.1) is 0 Å². The van der Waals surface area contributed by atoms with Crippen molar-refractivity contribution in [2.24, 2.45) is 0 Å². The Balaban J connectivity index is 1.54. The van der Waals surface area contributed by atoms with Gasteiger partial charge in [0.15, 0.2) is 16.9 Å². The Kier molecular flexibility index (Phi) is 4.30. The molecule has 0 amide bonds. The summed E-state index contributed by atoms with van der Waals surface area (Å²) < 4.78 is 7.39. The van der Waals surface area contributed by atoms with Crippen LogP contribution in [0.4, 0.5) is 5.95 Å². The van der Waals surface area contributed by atoms with Crippen molar-refractivity contribution in [1.82, 2.24) is 19.5 Å². The molecule has 3 aromatic rings. The molecule has 3 atom stereocenters. The van der Waals surface area contributed by atoms with E-state index in [4.69, 9.17) is 10.5 Å². The highest BCUT2D eigenvalue weighted by Crippen LogP contribution is 2.31. The van der Waals surface area contributed by atoms with E-state index in [1.807, 2.05) is 6.07 Å². The Hall–Kier alpha value is -3.30. The van der Waals surface area contributed by atoms with Gasteiger partial charge in [-0.3, -0.25) is 19.1 Å². The number of H-pyrrole nitrogens is 1. The van der Waals surface area contributed by atoms with Crippen LogP contribution in [0.3, 0.4) is 0 Å². The third-order valence-electron chi connectivity index (χ3n) is 4.39. The third-order valence-corrected chi connectivity index (χ3v) is 4.39. The van der Waals surface area contributed by atoms with Crippen LogP contribution >= 0.6 is 0 Å². The zero-order chi connectivity index (χ0) is 19.0. The molecule has 4 rings (SSSR count). The van der Waals surface area contributed by atoms with Crippen LogP contribution < -0.4 is 11.3 Å². The van der Waals surface area contributed by atoms with E-state index in [-0.39, 0.29) is 29.3 Å². The summed E-state index contributed by atoms with van der Waals surface area (Å²) in [5.41, 5.74) is 6.12. The van der Waals surface area contributed by atoms with Crippen LogP contribution in [-0.4, -0.2) is 42.6 Å². The number of hydrogen-bond acceptors (Lipinski definition) is 7. The van der Waals surface area contributed by atoms with Gasteiger partial charge in [0.2, 0.25) is 5.95 Å². The number of nitrogens with zero attached hydrogens (tertiary/aromatic N) is 3. The van der Waals surface area contributed by atoms with Gasteiger partial charge in [0.05, 0.1) is 12.4 Å². The standard InChI is InChI=1S/C18H17N5O4/c19-18-21-16-15(17(26)22-18)20-9-23(16)14-8-12(25)13(27-14)7-6-11(24)10-4-2-1-3-5-10/h1-7,9,12-14,25H,8H2,(H3,19,21,22,26)/b7-6+/t12-,13+,14+/m0/s1. The van der Waals surface area contributed by atoms with Gasteiger partial charge in [-0.05, 0) is 12.2 Å². The van der Waals surface area contributed by atoms with Gasteiger partial charge in [-0.2, -0.15) is 4.98 Å². The molecule has 1 saturated heterocycles. The van der Waals surface area contributed by atoms with Crippen LogP contribution in [0.5, 0.6) is 0 Å². The topological polar surface area (TPSA) is 136 Å². The Morgan fingerprint density at radius 3 is 2.93 bits per heavy atom. The minimum absolute atomic E-state index is 0.0299. The number of hydrogen-bond donors (Lipinski definition) is 3. The first-order valence-corrected chi connectivity index (χ1v) is 8.36. The molecule has 1 aromatic carbocycles. The highest BCUT2D eigenvalue weighted by Gasteiger charge is 2.34. The maximum Gasteiger partial charge on any atom is 0.280 e. The molecule has 9 heteroatoms. The predicted molar refractivity (Wildman–Crippen MR) is 97.0 cm³/mol. The average molecular weight is 367 g/mol. The van der Waals surface area contributed by atoms with Crippen LogP contribution in [-0.2, 0) is 4.74 Å². The van der Waals surface area contributed by atoms with Crippen molar-refractivity contribution >= 4 is 22.9 Å². The minimum atomic E-state index is -0.813. The fourth-order valence-corrected chi connectivity index (χ4v) is 3.06. The maximum atomic E-state index is 12.2. The number of carbonyl (C=O) groups excluding carboxylic acids is 1. The molecule has 1 fully saturated rings. The number of anilines is 1. The lowest BCUT2D eigenvalue weighted by molar-refractivity contribution is 0.00893. The fourth-order valence-electron chi connectivity index (χ4n) is 3.06.